The van der Waals surface area contributed by atoms with E-state index in [1.54, 1.807) is 0 Å². The van der Waals surface area contributed by atoms with Crippen molar-refractivity contribution in [1.29, 1.82) is 0 Å². The third-order valence-electron chi connectivity index (χ3n) is 4.36. The lowest BCUT2D eigenvalue weighted by atomic mass is 9.72. The SMILES string of the molecule is CC(C)C1CCCC(CO)(Nc2cccc(Cl)c2)C1. The summed E-state index contributed by atoms with van der Waals surface area (Å²) in [4.78, 5) is 0. The molecule has 3 heteroatoms. The maximum atomic E-state index is 9.88. The largest absolute Gasteiger partial charge is 0.394 e. The van der Waals surface area contributed by atoms with Gasteiger partial charge in [-0.25, -0.2) is 0 Å². The first-order chi connectivity index (χ1) is 9.04. The van der Waals surface area contributed by atoms with Gasteiger partial charge >= 0.3 is 0 Å². The van der Waals surface area contributed by atoms with Gasteiger partial charge in [-0.1, -0.05) is 44.4 Å². The zero-order valence-electron chi connectivity index (χ0n) is 11.8. The van der Waals surface area contributed by atoms with Gasteiger partial charge < -0.3 is 10.4 Å². The lowest BCUT2D eigenvalue weighted by Gasteiger charge is -2.42. The Bertz CT molecular complexity index is 421. The number of hydrogen-bond acceptors (Lipinski definition) is 2. The van der Waals surface area contributed by atoms with Crippen molar-refractivity contribution in [2.75, 3.05) is 11.9 Å². The summed E-state index contributed by atoms with van der Waals surface area (Å²) >= 11 is 6.03. The number of anilines is 1. The molecule has 1 fully saturated rings. The first-order valence-corrected chi connectivity index (χ1v) is 7.57. The molecule has 0 aromatic heterocycles. The molecule has 1 aromatic carbocycles. The van der Waals surface area contributed by atoms with E-state index in [4.69, 9.17) is 11.6 Å². The van der Waals surface area contributed by atoms with Gasteiger partial charge in [0.2, 0.25) is 0 Å². The molecule has 2 N–H and O–H groups in total. The Labute approximate surface area is 121 Å². The maximum Gasteiger partial charge on any atom is 0.0661 e. The van der Waals surface area contributed by atoms with Gasteiger partial charge in [0.1, 0.15) is 0 Å². The highest BCUT2D eigenvalue weighted by Gasteiger charge is 2.36. The summed E-state index contributed by atoms with van der Waals surface area (Å²) in [6.45, 7) is 4.73. The van der Waals surface area contributed by atoms with Crippen molar-refractivity contribution in [3.8, 4) is 0 Å². The summed E-state index contributed by atoms with van der Waals surface area (Å²) in [5.41, 5.74) is 0.823. The van der Waals surface area contributed by atoms with Gasteiger partial charge in [-0.05, 0) is 42.9 Å². The van der Waals surface area contributed by atoms with E-state index in [1.165, 1.54) is 12.8 Å². The fraction of sp³-hybridized carbons (Fsp3) is 0.625. The highest BCUT2D eigenvalue weighted by molar-refractivity contribution is 6.30. The average Bonchev–Trinajstić information content (AvgIpc) is 2.39. The van der Waals surface area contributed by atoms with Gasteiger partial charge in [-0.2, -0.15) is 0 Å². The molecule has 0 amide bonds. The van der Waals surface area contributed by atoms with Crippen molar-refractivity contribution in [2.24, 2.45) is 11.8 Å². The van der Waals surface area contributed by atoms with Crippen LogP contribution in [-0.2, 0) is 0 Å². The number of benzene rings is 1. The second-order valence-corrected chi connectivity index (χ2v) is 6.61. The van der Waals surface area contributed by atoms with E-state index in [-0.39, 0.29) is 12.1 Å². The lowest BCUT2D eigenvalue weighted by Crippen LogP contribution is -2.47. The Morgan fingerprint density at radius 1 is 1.47 bits per heavy atom. The number of rotatable bonds is 4. The van der Waals surface area contributed by atoms with Gasteiger partial charge in [-0.15, -0.1) is 0 Å². The van der Waals surface area contributed by atoms with Gasteiger partial charge in [0.05, 0.1) is 12.1 Å². The van der Waals surface area contributed by atoms with Gasteiger partial charge in [0, 0.05) is 10.7 Å². The minimum Gasteiger partial charge on any atom is -0.394 e. The quantitative estimate of drug-likeness (QED) is 0.861. The van der Waals surface area contributed by atoms with Crippen molar-refractivity contribution < 1.29 is 5.11 Å². The fourth-order valence-corrected chi connectivity index (χ4v) is 3.34. The number of aliphatic hydroxyl groups is 1. The van der Waals surface area contributed by atoms with Crippen LogP contribution in [0.4, 0.5) is 5.69 Å². The molecule has 0 bridgehead atoms. The molecule has 2 unspecified atom stereocenters. The predicted octanol–water partition coefficient (Wildman–Crippen LogP) is 4.33. The summed E-state index contributed by atoms with van der Waals surface area (Å²) in [5, 5.41) is 14.1. The topological polar surface area (TPSA) is 32.3 Å². The van der Waals surface area contributed by atoms with Crippen LogP contribution in [-0.4, -0.2) is 17.3 Å². The predicted molar refractivity (Wildman–Crippen MR) is 81.7 cm³/mol. The van der Waals surface area contributed by atoms with Crippen LogP contribution in [0.3, 0.4) is 0 Å². The molecule has 19 heavy (non-hydrogen) atoms. The molecule has 106 valence electrons. The van der Waals surface area contributed by atoms with Crippen LogP contribution in [0, 0.1) is 11.8 Å². The van der Waals surface area contributed by atoms with Crippen molar-refractivity contribution >= 4 is 17.3 Å². The lowest BCUT2D eigenvalue weighted by molar-refractivity contribution is 0.126. The number of nitrogens with one attached hydrogen (secondary N) is 1. The Hall–Kier alpha value is -0.730. The van der Waals surface area contributed by atoms with E-state index in [0.717, 1.165) is 23.6 Å². The minimum atomic E-state index is -0.183. The Balaban J connectivity index is 2.13. The summed E-state index contributed by atoms with van der Waals surface area (Å²) in [6.07, 6.45) is 4.51. The van der Waals surface area contributed by atoms with E-state index in [2.05, 4.69) is 19.2 Å². The highest BCUT2D eigenvalue weighted by Crippen LogP contribution is 2.38. The average molecular weight is 282 g/mol. The molecule has 0 radical (unpaired) electrons. The molecule has 0 saturated heterocycles. The third kappa shape index (κ3) is 3.64. The van der Waals surface area contributed by atoms with Crippen LogP contribution >= 0.6 is 11.6 Å². The van der Waals surface area contributed by atoms with E-state index in [9.17, 15) is 5.11 Å². The molecule has 2 atom stereocenters. The van der Waals surface area contributed by atoms with Crippen LogP contribution in [0.2, 0.25) is 5.02 Å². The molecule has 1 aliphatic rings. The highest BCUT2D eigenvalue weighted by atomic mass is 35.5. The standard InChI is InChI=1S/C16H24ClNO/c1-12(2)13-5-4-8-16(10-13,11-19)18-15-7-3-6-14(17)9-15/h3,6-7,9,12-13,18-19H,4-5,8,10-11H2,1-2H3. The van der Waals surface area contributed by atoms with E-state index < -0.39 is 0 Å². The van der Waals surface area contributed by atoms with Crippen LogP contribution in [0.5, 0.6) is 0 Å². The molecule has 0 aliphatic heterocycles. The van der Waals surface area contributed by atoms with Gasteiger partial charge in [-0.3, -0.25) is 0 Å². The van der Waals surface area contributed by atoms with Gasteiger partial charge in [0.15, 0.2) is 0 Å². The van der Waals surface area contributed by atoms with Crippen molar-refractivity contribution in [1.82, 2.24) is 0 Å². The molecular formula is C16H24ClNO. The van der Waals surface area contributed by atoms with E-state index in [0.29, 0.717) is 11.8 Å². The van der Waals surface area contributed by atoms with E-state index >= 15 is 0 Å². The number of aliphatic hydroxyl groups excluding tert-OH is 1. The molecule has 2 rings (SSSR count). The second-order valence-electron chi connectivity index (χ2n) is 6.17. The minimum absolute atomic E-state index is 0.183. The monoisotopic (exact) mass is 281 g/mol. The number of halogens is 1. The second kappa shape index (κ2) is 6.15. The molecule has 0 spiro atoms. The first kappa shape index (κ1) is 14.7. The maximum absolute atomic E-state index is 9.88. The molecule has 1 aromatic rings. The van der Waals surface area contributed by atoms with Crippen molar-refractivity contribution in [3.63, 3.8) is 0 Å². The zero-order valence-corrected chi connectivity index (χ0v) is 12.6. The normalized spacial score (nSPS) is 27.5. The first-order valence-electron chi connectivity index (χ1n) is 7.19. The molecule has 0 heterocycles. The fourth-order valence-electron chi connectivity index (χ4n) is 3.15. The summed E-state index contributed by atoms with van der Waals surface area (Å²) < 4.78 is 0. The Morgan fingerprint density at radius 3 is 2.89 bits per heavy atom. The smallest absolute Gasteiger partial charge is 0.0661 e. The molecule has 1 aliphatic carbocycles. The zero-order chi connectivity index (χ0) is 13.9. The number of hydrogen-bond donors (Lipinski definition) is 2. The van der Waals surface area contributed by atoms with Gasteiger partial charge in [0.25, 0.3) is 0 Å². The van der Waals surface area contributed by atoms with E-state index in [1.807, 2.05) is 24.3 Å². The van der Waals surface area contributed by atoms with Crippen LogP contribution < -0.4 is 5.32 Å². The summed E-state index contributed by atoms with van der Waals surface area (Å²) in [6, 6.07) is 7.76. The van der Waals surface area contributed by atoms with Crippen molar-refractivity contribution in [3.05, 3.63) is 29.3 Å². The summed E-state index contributed by atoms with van der Waals surface area (Å²) in [7, 11) is 0. The molecule has 1 saturated carbocycles. The molecule has 2 nitrogen and oxygen atoms in total. The third-order valence-corrected chi connectivity index (χ3v) is 4.60. The Kier molecular flexibility index (Phi) is 4.75. The molecular weight excluding hydrogens is 258 g/mol. The summed E-state index contributed by atoms with van der Waals surface area (Å²) in [5.74, 6) is 1.36. The van der Waals surface area contributed by atoms with Crippen LogP contribution in [0.1, 0.15) is 39.5 Å². The van der Waals surface area contributed by atoms with Crippen LogP contribution in [0.25, 0.3) is 0 Å². The van der Waals surface area contributed by atoms with Crippen molar-refractivity contribution in [2.45, 2.75) is 45.1 Å². The van der Waals surface area contributed by atoms with Crippen LogP contribution in [0.15, 0.2) is 24.3 Å². The Morgan fingerprint density at radius 2 is 2.26 bits per heavy atom.